The summed E-state index contributed by atoms with van der Waals surface area (Å²) in [5, 5.41) is 1.43. The number of aryl methyl sites for hydroxylation is 1. The second kappa shape index (κ2) is 3.88. The molecule has 18 heavy (non-hydrogen) atoms. The molecule has 1 aromatic heterocycles. The van der Waals surface area contributed by atoms with Gasteiger partial charge in [-0.1, -0.05) is 12.1 Å². The zero-order chi connectivity index (χ0) is 12.7. The van der Waals surface area contributed by atoms with Crippen LogP contribution in [0.2, 0.25) is 0 Å². The number of pyridine rings is 1. The first kappa shape index (κ1) is 10.8. The first-order chi connectivity index (χ1) is 8.72. The Kier molecular flexibility index (Phi) is 2.33. The highest BCUT2D eigenvalue weighted by Crippen LogP contribution is 2.21. The minimum Gasteiger partial charge on any atom is -0.497 e. The summed E-state index contributed by atoms with van der Waals surface area (Å²) >= 11 is 0. The van der Waals surface area contributed by atoms with Gasteiger partial charge in [-0.15, -0.1) is 0 Å². The molecule has 3 heteroatoms. The quantitative estimate of drug-likeness (QED) is 0.611. The van der Waals surface area contributed by atoms with Crippen molar-refractivity contribution < 1.29 is 4.74 Å². The van der Waals surface area contributed by atoms with Gasteiger partial charge in [0.15, 0.2) is 5.43 Å². The van der Waals surface area contributed by atoms with Gasteiger partial charge in [-0.25, -0.2) is 0 Å². The molecule has 90 valence electrons. The Balaban J connectivity index is 2.58. The molecule has 1 heterocycles. The van der Waals surface area contributed by atoms with Crippen LogP contribution in [0.5, 0.6) is 5.75 Å². The normalized spacial score (nSPS) is 11.0. The average Bonchev–Trinajstić information content (AvgIpc) is 2.44. The standard InChI is InChI=1S/C15H13NO2/c1-16-13-6-4-3-5-11(13)15(17)12-9-10(18-2)7-8-14(12)16/h3-9H,1-2H3. The molecule has 0 amide bonds. The largest absolute Gasteiger partial charge is 0.497 e. The molecule has 0 aliphatic rings. The van der Waals surface area contributed by atoms with Crippen molar-refractivity contribution in [2.24, 2.45) is 7.05 Å². The Hall–Kier alpha value is -2.29. The van der Waals surface area contributed by atoms with Crippen molar-refractivity contribution in [3.63, 3.8) is 0 Å². The van der Waals surface area contributed by atoms with Crippen molar-refractivity contribution in [1.82, 2.24) is 4.57 Å². The van der Waals surface area contributed by atoms with Gasteiger partial charge in [0.2, 0.25) is 0 Å². The lowest BCUT2D eigenvalue weighted by Crippen LogP contribution is -2.08. The fraction of sp³-hybridized carbons (Fsp3) is 0.133. The fourth-order valence-corrected chi connectivity index (χ4v) is 2.35. The van der Waals surface area contributed by atoms with Crippen molar-refractivity contribution >= 4 is 21.8 Å². The Morgan fingerprint density at radius 1 is 1.00 bits per heavy atom. The van der Waals surface area contributed by atoms with Gasteiger partial charge in [0.1, 0.15) is 5.75 Å². The molecule has 0 aliphatic heterocycles. The number of para-hydroxylation sites is 1. The van der Waals surface area contributed by atoms with Gasteiger partial charge in [-0.05, 0) is 30.3 Å². The zero-order valence-electron chi connectivity index (χ0n) is 10.3. The summed E-state index contributed by atoms with van der Waals surface area (Å²) in [7, 11) is 3.57. The summed E-state index contributed by atoms with van der Waals surface area (Å²) in [5.74, 6) is 0.704. The SMILES string of the molecule is COc1ccc2c(c1)c(=O)c1ccccc1n2C. The molecule has 2 aromatic carbocycles. The monoisotopic (exact) mass is 239 g/mol. The zero-order valence-corrected chi connectivity index (χ0v) is 10.3. The molecule has 0 unspecified atom stereocenters. The lowest BCUT2D eigenvalue weighted by Gasteiger charge is -2.10. The van der Waals surface area contributed by atoms with E-state index >= 15 is 0 Å². The van der Waals surface area contributed by atoms with Gasteiger partial charge in [-0.3, -0.25) is 4.79 Å². The lowest BCUT2D eigenvalue weighted by molar-refractivity contribution is 0.415. The maximum Gasteiger partial charge on any atom is 0.197 e. The van der Waals surface area contributed by atoms with E-state index in [1.54, 1.807) is 13.2 Å². The Labute approximate surface area is 104 Å². The number of hydrogen-bond donors (Lipinski definition) is 0. The van der Waals surface area contributed by atoms with E-state index in [1.165, 1.54) is 0 Å². The molecule has 3 aromatic rings. The number of fused-ring (bicyclic) bond motifs is 2. The maximum absolute atomic E-state index is 12.4. The molecule has 0 bridgehead atoms. The molecule has 0 radical (unpaired) electrons. The minimum atomic E-state index is 0.0533. The summed E-state index contributed by atoms with van der Waals surface area (Å²) in [6.07, 6.45) is 0. The average molecular weight is 239 g/mol. The first-order valence-corrected chi connectivity index (χ1v) is 5.78. The van der Waals surface area contributed by atoms with Gasteiger partial charge >= 0.3 is 0 Å². The van der Waals surface area contributed by atoms with Crippen molar-refractivity contribution in [2.45, 2.75) is 0 Å². The number of nitrogens with zero attached hydrogens (tertiary/aromatic N) is 1. The summed E-state index contributed by atoms with van der Waals surface area (Å²) < 4.78 is 7.21. The van der Waals surface area contributed by atoms with E-state index in [-0.39, 0.29) is 5.43 Å². The van der Waals surface area contributed by atoms with Crippen LogP contribution in [0.4, 0.5) is 0 Å². The first-order valence-electron chi connectivity index (χ1n) is 5.78. The number of aromatic nitrogens is 1. The molecule has 3 nitrogen and oxygen atoms in total. The van der Waals surface area contributed by atoms with Crippen LogP contribution in [0.3, 0.4) is 0 Å². The Morgan fingerprint density at radius 3 is 2.50 bits per heavy atom. The van der Waals surface area contributed by atoms with E-state index in [2.05, 4.69) is 0 Å². The maximum atomic E-state index is 12.4. The second-order valence-electron chi connectivity index (χ2n) is 4.29. The van der Waals surface area contributed by atoms with Gasteiger partial charge < -0.3 is 9.30 Å². The van der Waals surface area contributed by atoms with Crippen LogP contribution in [0.15, 0.2) is 47.3 Å². The van der Waals surface area contributed by atoms with Gasteiger partial charge in [-0.2, -0.15) is 0 Å². The lowest BCUT2D eigenvalue weighted by atomic mass is 10.1. The molecule has 0 atom stereocenters. The van der Waals surface area contributed by atoms with Crippen LogP contribution >= 0.6 is 0 Å². The highest BCUT2D eigenvalue weighted by atomic mass is 16.5. The molecule has 0 aliphatic carbocycles. The molecule has 0 N–H and O–H groups in total. The van der Waals surface area contributed by atoms with Crippen LogP contribution in [0.1, 0.15) is 0 Å². The summed E-state index contributed by atoms with van der Waals surface area (Å²) in [5.41, 5.74) is 1.91. The van der Waals surface area contributed by atoms with E-state index in [9.17, 15) is 4.79 Å². The highest BCUT2D eigenvalue weighted by Gasteiger charge is 2.08. The van der Waals surface area contributed by atoms with Crippen molar-refractivity contribution in [2.75, 3.05) is 7.11 Å². The van der Waals surface area contributed by atoms with Crippen molar-refractivity contribution in [1.29, 1.82) is 0 Å². The van der Waals surface area contributed by atoms with E-state index < -0.39 is 0 Å². The smallest absolute Gasteiger partial charge is 0.197 e. The van der Waals surface area contributed by atoms with Gasteiger partial charge in [0.25, 0.3) is 0 Å². The van der Waals surface area contributed by atoms with Crippen LogP contribution < -0.4 is 10.2 Å². The van der Waals surface area contributed by atoms with Crippen LogP contribution in [0.25, 0.3) is 21.8 Å². The third-order valence-corrected chi connectivity index (χ3v) is 3.32. The Morgan fingerprint density at radius 2 is 1.72 bits per heavy atom. The number of hydrogen-bond acceptors (Lipinski definition) is 2. The van der Waals surface area contributed by atoms with Crippen LogP contribution in [0, 0.1) is 0 Å². The number of benzene rings is 2. The minimum absolute atomic E-state index is 0.0533. The molecule has 0 saturated carbocycles. The molecular formula is C15H13NO2. The molecule has 0 fully saturated rings. The molecule has 0 spiro atoms. The molecular weight excluding hydrogens is 226 g/mol. The number of ether oxygens (including phenoxy) is 1. The summed E-state index contributed by atoms with van der Waals surface area (Å²) in [4.78, 5) is 12.4. The van der Waals surface area contributed by atoms with E-state index in [1.807, 2.05) is 48.0 Å². The molecule has 3 rings (SSSR count). The van der Waals surface area contributed by atoms with Crippen LogP contribution in [-0.4, -0.2) is 11.7 Å². The van der Waals surface area contributed by atoms with Crippen molar-refractivity contribution in [3.05, 3.63) is 52.7 Å². The summed E-state index contributed by atoms with van der Waals surface area (Å²) in [6.45, 7) is 0. The third kappa shape index (κ3) is 1.40. The van der Waals surface area contributed by atoms with Gasteiger partial charge in [0.05, 0.1) is 18.1 Å². The van der Waals surface area contributed by atoms with E-state index in [0.717, 1.165) is 16.4 Å². The predicted molar refractivity (Wildman–Crippen MR) is 73.2 cm³/mol. The second-order valence-corrected chi connectivity index (χ2v) is 4.29. The number of rotatable bonds is 1. The predicted octanol–water partition coefficient (Wildman–Crippen LogP) is 2.70. The van der Waals surface area contributed by atoms with Crippen LogP contribution in [-0.2, 0) is 7.05 Å². The number of methoxy groups -OCH3 is 1. The van der Waals surface area contributed by atoms with Gasteiger partial charge in [0, 0.05) is 17.8 Å². The fourth-order valence-electron chi connectivity index (χ4n) is 2.35. The third-order valence-electron chi connectivity index (χ3n) is 3.32. The van der Waals surface area contributed by atoms with E-state index in [4.69, 9.17) is 4.74 Å². The molecule has 0 saturated heterocycles. The topological polar surface area (TPSA) is 31.2 Å². The summed E-state index contributed by atoms with van der Waals surface area (Å²) in [6, 6.07) is 13.2. The highest BCUT2D eigenvalue weighted by molar-refractivity contribution is 5.93. The van der Waals surface area contributed by atoms with Crippen molar-refractivity contribution in [3.8, 4) is 5.75 Å². The Bertz CT molecular complexity index is 803. The van der Waals surface area contributed by atoms with E-state index in [0.29, 0.717) is 11.1 Å².